The normalized spacial score (nSPS) is 13.7. The summed E-state index contributed by atoms with van der Waals surface area (Å²) in [7, 11) is -6.13. The highest BCUT2D eigenvalue weighted by atomic mass is 79.9. The molecule has 0 heterocycles. The molecular weight excluding hydrogens is 520 g/mol. The Morgan fingerprint density at radius 1 is 0.727 bits per heavy atom. The molecule has 0 radical (unpaired) electrons. The van der Waals surface area contributed by atoms with E-state index >= 15 is 0 Å². The van der Waals surface area contributed by atoms with E-state index in [2.05, 4.69) is 141 Å². The van der Waals surface area contributed by atoms with E-state index in [4.69, 9.17) is 8.85 Å². The van der Waals surface area contributed by atoms with Crippen LogP contribution in [-0.4, -0.2) is 36.5 Å². The van der Waals surface area contributed by atoms with Gasteiger partial charge < -0.3 is 8.85 Å². The molecule has 0 aliphatic heterocycles. The summed E-state index contributed by atoms with van der Waals surface area (Å²) in [6.45, 7) is 14.9. The first-order valence-corrected chi connectivity index (χ1v) is 21.9. The summed E-state index contributed by atoms with van der Waals surface area (Å²) in [6, 6.07) is 30.4. The van der Waals surface area contributed by atoms with E-state index < -0.39 is 23.7 Å². The second-order valence-electron chi connectivity index (χ2n) is 10.2. The Morgan fingerprint density at radius 2 is 1.21 bits per heavy atom. The summed E-state index contributed by atoms with van der Waals surface area (Å²) in [5.74, 6) is 0. The number of rotatable bonds is 10. The van der Waals surface area contributed by atoms with Crippen molar-refractivity contribution in [2.75, 3.05) is 6.61 Å². The van der Waals surface area contributed by atoms with Gasteiger partial charge in [0.2, 0.25) is 16.2 Å². The Hall–Kier alpha value is -1.29. The number of hydrogen-bond acceptors (Lipinski definition) is 2. The van der Waals surface area contributed by atoms with E-state index in [0.29, 0.717) is 6.61 Å². The Bertz CT molecular complexity index is 981. The van der Waals surface area contributed by atoms with Crippen molar-refractivity contribution in [3.63, 3.8) is 0 Å². The second-order valence-corrected chi connectivity index (χ2v) is 28.8. The molecule has 0 aromatic heterocycles. The average Bonchev–Trinajstić information content (AvgIpc) is 2.78. The summed E-state index contributed by atoms with van der Waals surface area (Å²) < 4.78 is 14.9. The maximum absolute atomic E-state index is 7.25. The smallest absolute Gasteiger partial charge is 0.240 e. The lowest BCUT2D eigenvalue weighted by atomic mass is 10.3. The predicted octanol–water partition coefficient (Wildman–Crippen LogP) is 5.85. The van der Waals surface area contributed by atoms with Crippen LogP contribution in [0.2, 0.25) is 32.7 Å². The van der Waals surface area contributed by atoms with Crippen molar-refractivity contribution in [3.8, 4) is 0 Å². The fourth-order valence-electron chi connectivity index (χ4n) is 4.56. The summed E-state index contributed by atoms with van der Waals surface area (Å²) in [6.07, 6.45) is 1.01. The Morgan fingerprint density at radius 3 is 1.70 bits per heavy atom. The highest BCUT2D eigenvalue weighted by Crippen LogP contribution is 2.24. The van der Waals surface area contributed by atoms with Gasteiger partial charge in [-0.15, -0.1) is 0 Å². The first kappa shape index (κ1) is 26.3. The maximum atomic E-state index is 7.25. The monoisotopic (exact) mass is 556 g/mol. The summed E-state index contributed by atoms with van der Waals surface area (Å²) in [5, 5.41) is 4.06. The first-order valence-electron chi connectivity index (χ1n) is 11.8. The van der Waals surface area contributed by atoms with Crippen molar-refractivity contribution in [2.45, 2.75) is 52.2 Å². The van der Waals surface area contributed by atoms with Crippen molar-refractivity contribution in [1.82, 2.24) is 0 Å². The van der Waals surface area contributed by atoms with Crippen LogP contribution in [-0.2, 0) is 8.85 Å². The van der Waals surface area contributed by atoms with Gasteiger partial charge in [-0.2, -0.15) is 0 Å². The molecule has 0 aliphatic rings. The van der Waals surface area contributed by atoms with Gasteiger partial charge in [0.05, 0.1) is 7.59 Å². The molecule has 3 aromatic rings. The molecule has 2 nitrogen and oxygen atoms in total. The molecule has 0 saturated heterocycles. The molecule has 0 unspecified atom stereocenters. The molecular formula is C27H37BrO2Si3. The van der Waals surface area contributed by atoms with E-state index in [-0.39, 0.29) is 6.10 Å². The molecule has 33 heavy (non-hydrogen) atoms. The van der Waals surface area contributed by atoms with E-state index in [0.717, 1.165) is 10.9 Å². The largest absolute Gasteiger partial charge is 0.413 e. The quantitative estimate of drug-likeness (QED) is 0.291. The lowest BCUT2D eigenvalue weighted by molar-refractivity contribution is 0.177. The molecule has 0 amide bonds. The van der Waals surface area contributed by atoms with Gasteiger partial charge in [-0.05, 0) is 48.1 Å². The summed E-state index contributed by atoms with van der Waals surface area (Å²) >= 11 is 3.71. The summed E-state index contributed by atoms with van der Waals surface area (Å²) in [4.78, 5) is 0. The molecule has 0 fully saturated rings. The molecule has 0 saturated carbocycles. The van der Waals surface area contributed by atoms with Gasteiger partial charge in [0, 0.05) is 17.2 Å². The van der Waals surface area contributed by atoms with Crippen LogP contribution < -0.4 is 15.6 Å². The standard InChI is InChI=1S/C27H37BrO2Si3/c1-23(21-22-29-32(5,6)27-20-14-13-19-26(27)28)30-33(31(2,3)4,24-15-9-7-10-16-24)25-17-11-8-12-18-25/h7-20,23H,21-22H2,1-6H3/t23-/m1/s1. The van der Waals surface area contributed by atoms with E-state index in [1.807, 2.05) is 0 Å². The first-order chi connectivity index (χ1) is 15.6. The fraction of sp³-hybridized carbons (Fsp3) is 0.333. The van der Waals surface area contributed by atoms with Gasteiger partial charge in [0.25, 0.3) is 0 Å². The highest BCUT2D eigenvalue weighted by Gasteiger charge is 2.51. The van der Waals surface area contributed by atoms with Crippen LogP contribution in [0.3, 0.4) is 0 Å². The average molecular weight is 558 g/mol. The van der Waals surface area contributed by atoms with Crippen LogP contribution >= 0.6 is 15.9 Å². The van der Waals surface area contributed by atoms with E-state index in [1.54, 1.807) is 0 Å². The number of benzene rings is 3. The van der Waals surface area contributed by atoms with Crippen LogP contribution in [0.5, 0.6) is 0 Å². The number of halogens is 1. The van der Waals surface area contributed by atoms with Gasteiger partial charge in [0.15, 0.2) is 0 Å². The second kappa shape index (κ2) is 11.0. The zero-order valence-electron chi connectivity index (χ0n) is 20.8. The Kier molecular flexibility index (Phi) is 8.75. The molecule has 1 atom stereocenters. The molecule has 176 valence electrons. The molecule has 3 aromatic carbocycles. The van der Waals surface area contributed by atoms with Crippen LogP contribution in [0.15, 0.2) is 89.4 Å². The lowest BCUT2D eigenvalue weighted by Gasteiger charge is -2.44. The number of hydrogen-bond donors (Lipinski definition) is 0. The van der Waals surface area contributed by atoms with Gasteiger partial charge in [-0.1, -0.05) is 114 Å². The maximum Gasteiger partial charge on any atom is 0.240 e. The van der Waals surface area contributed by atoms with Crippen molar-refractivity contribution < 1.29 is 8.85 Å². The van der Waals surface area contributed by atoms with E-state index in [1.165, 1.54) is 15.6 Å². The zero-order valence-corrected chi connectivity index (χ0v) is 25.4. The molecule has 3 rings (SSSR count). The Balaban J connectivity index is 1.83. The Labute approximate surface area is 211 Å². The van der Waals surface area contributed by atoms with Gasteiger partial charge in [-0.3, -0.25) is 0 Å². The van der Waals surface area contributed by atoms with Crippen molar-refractivity contribution in [1.29, 1.82) is 0 Å². The van der Waals surface area contributed by atoms with Gasteiger partial charge in [-0.25, -0.2) is 0 Å². The van der Waals surface area contributed by atoms with Gasteiger partial charge in [0.1, 0.15) is 0 Å². The van der Waals surface area contributed by atoms with Crippen LogP contribution in [0.25, 0.3) is 0 Å². The van der Waals surface area contributed by atoms with Crippen molar-refractivity contribution in [2.24, 2.45) is 0 Å². The third-order valence-electron chi connectivity index (χ3n) is 6.30. The molecule has 0 N–H and O–H groups in total. The van der Waals surface area contributed by atoms with Crippen molar-refractivity contribution >= 4 is 55.2 Å². The molecule has 0 aliphatic carbocycles. The highest BCUT2D eigenvalue weighted by molar-refractivity contribution is 9.10. The third kappa shape index (κ3) is 6.05. The predicted molar refractivity (Wildman–Crippen MR) is 154 cm³/mol. The fourth-order valence-corrected chi connectivity index (χ4v) is 20.8. The minimum absolute atomic E-state index is 0.118. The molecule has 0 bridgehead atoms. The SMILES string of the molecule is C[C@H](CCO[Si](C)(C)c1ccccc1Br)O[Si](c1ccccc1)(c1ccccc1)[Si](C)(C)C. The van der Waals surface area contributed by atoms with Crippen LogP contribution in [0, 0.1) is 0 Å². The molecule has 0 spiro atoms. The summed E-state index contributed by atoms with van der Waals surface area (Å²) in [5.41, 5.74) is 0. The van der Waals surface area contributed by atoms with Gasteiger partial charge >= 0.3 is 0 Å². The minimum atomic E-state index is -2.39. The van der Waals surface area contributed by atoms with Crippen LogP contribution in [0.1, 0.15) is 13.3 Å². The minimum Gasteiger partial charge on any atom is -0.413 e. The lowest BCUT2D eigenvalue weighted by Crippen LogP contribution is -2.75. The van der Waals surface area contributed by atoms with Crippen molar-refractivity contribution in [3.05, 3.63) is 89.4 Å². The van der Waals surface area contributed by atoms with Crippen LogP contribution in [0.4, 0.5) is 0 Å². The zero-order chi connectivity index (χ0) is 24.1. The molecule has 6 heteroatoms. The van der Waals surface area contributed by atoms with E-state index in [9.17, 15) is 0 Å². The topological polar surface area (TPSA) is 18.5 Å². The third-order valence-corrected chi connectivity index (χ3v) is 23.6.